The molecule has 0 fully saturated rings. The molecule has 0 aliphatic carbocycles. The monoisotopic (exact) mass is 321 g/mol. The van der Waals surface area contributed by atoms with Crippen molar-refractivity contribution in [1.29, 1.82) is 0 Å². The smallest absolute Gasteiger partial charge is 0.275 e. The third-order valence-electron chi connectivity index (χ3n) is 3.65. The number of amides is 1. The number of hydrogen-bond acceptors (Lipinski definition) is 4. The van der Waals surface area contributed by atoms with Gasteiger partial charge in [-0.15, -0.1) is 0 Å². The second-order valence-corrected chi connectivity index (χ2v) is 5.55. The summed E-state index contributed by atoms with van der Waals surface area (Å²) < 4.78 is 1.88. The summed E-state index contributed by atoms with van der Waals surface area (Å²) in [5.74, 6) is -0.288. The Morgan fingerprint density at radius 1 is 1.25 bits per heavy atom. The summed E-state index contributed by atoms with van der Waals surface area (Å²) in [6.45, 7) is 4.14. The molecule has 1 amide bonds. The van der Waals surface area contributed by atoms with Gasteiger partial charge in [0.1, 0.15) is 5.69 Å². The molecule has 2 aromatic heterocycles. The van der Waals surface area contributed by atoms with Crippen LogP contribution in [0.3, 0.4) is 0 Å². The molecule has 0 aliphatic rings. The van der Waals surface area contributed by atoms with Crippen LogP contribution in [-0.4, -0.2) is 25.7 Å². The van der Waals surface area contributed by atoms with Gasteiger partial charge in [-0.2, -0.15) is 5.10 Å². The Labute approximate surface area is 140 Å². The molecule has 122 valence electrons. The van der Waals surface area contributed by atoms with Gasteiger partial charge in [-0.05, 0) is 31.0 Å². The van der Waals surface area contributed by atoms with Gasteiger partial charge in [-0.25, -0.2) is 9.67 Å². The van der Waals surface area contributed by atoms with Crippen molar-refractivity contribution in [2.24, 2.45) is 0 Å². The lowest BCUT2D eigenvalue weighted by atomic mass is 10.2. The summed E-state index contributed by atoms with van der Waals surface area (Å²) in [5, 5.41) is 7.35. The molecule has 0 atom stereocenters. The molecule has 0 saturated carbocycles. The quantitative estimate of drug-likeness (QED) is 0.783. The zero-order valence-electron chi connectivity index (χ0n) is 13.7. The third-order valence-corrected chi connectivity index (χ3v) is 3.65. The van der Waals surface area contributed by atoms with E-state index in [9.17, 15) is 4.79 Å². The maximum Gasteiger partial charge on any atom is 0.275 e. The van der Waals surface area contributed by atoms with Gasteiger partial charge in [0.15, 0.2) is 0 Å². The number of nitrogens with zero attached hydrogens (tertiary/aromatic N) is 4. The fourth-order valence-corrected chi connectivity index (χ4v) is 2.54. The highest BCUT2D eigenvalue weighted by atomic mass is 16.1. The minimum absolute atomic E-state index is 0.281. The lowest BCUT2D eigenvalue weighted by molar-refractivity contribution is 0.102. The van der Waals surface area contributed by atoms with Crippen molar-refractivity contribution in [3.8, 4) is 5.69 Å². The predicted octanol–water partition coefficient (Wildman–Crippen LogP) is 3.18. The van der Waals surface area contributed by atoms with Crippen molar-refractivity contribution in [2.75, 3.05) is 5.32 Å². The first-order chi connectivity index (χ1) is 11.7. The average molecular weight is 321 g/mol. The highest BCUT2D eigenvalue weighted by Crippen LogP contribution is 2.22. The van der Waals surface area contributed by atoms with Crippen molar-refractivity contribution in [1.82, 2.24) is 19.7 Å². The van der Waals surface area contributed by atoms with Gasteiger partial charge < -0.3 is 5.32 Å². The predicted molar refractivity (Wildman–Crippen MR) is 92.3 cm³/mol. The largest absolute Gasteiger partial charge is 0.318 e. The van der Waals surface area contributed by atoms with Crippen LogP contribution in [0.15, 0.2) is 49.1 Å². The maximum atomic E-state index is 12.3. The van der Waals surface area contributed by atoms with E-state index >= 15 is 0 Å². The topological polar surface area (TPSA) is 72.7 Å². The van der Waals surface area contributed by atoms with Gasteiger partial charge in [0.25, 0.3) is 5.91 Å². The van der Waals surface area contributed by atoms with Gasteiger partial charge in [0, 0.05) is 12.4 Å². The minimum atomic E-state index is -0.288. The molecule has 1 aromatic carbocycles. The summed E-state index contributed by atoms with van der Waals surface area (Å²) >= 11 is 0. The van der Waals surface area contributed by atoms with Crippen molar-refractivity contribution in [3.05, 3.63) is 66.0 Å². The molecule has 1 N–H and O–H groups in total. The van der Waals surface area contributed by atoms with E-state index in [0.717, 1.165) is 29.8 Å². The fraction of sp³-hybridized carbons (Fsp3) is 0.222. The van der Waals surface area contributed by atoms with Crippen LogP contribution in [0.2, 0.25) is 0 Å². The molecule has 2 heterocycles. The molecule has 0 unspecified atom stereocenters. The molecule has 3 rings (SSSR count). The number of carbonyl (C=O) groups is 1. The summed E-state index contributed by atoms with van der Waals surface area (Å²) in [5.41, 5.74) is 4.10. The first-order valence-corrected chi connectivity index (χ1v) is 7.90. The zero-order chi connectivity index (χ0) is 16.9. The summed E-state index contributed by atoms with van der Waals surface area (Å²) in [6, 6.07) is 8.12. The van der Waals surface area contributed by atoms with Crippen LogP contribution < -0.4 is 5.32 Å². The summed E-state index contributed by atoms with van der Waals surface area (Å²) in [4.78, 5) is 20.3. The molecule has 0 saturated heterocycles. The number of benzene rings is 1. The number of aryl methyl sites for hydroxylation is 1. The molecule has 0 spiro atoms. The lowest BCUT2D eigenvalue weighted by Crippen LogP contribution is -2.15. The first kappa shape index (κ1) is 15.9. The average Bonchev–Trinajstić information content (AvgIpc) is 2.99. The van der Waals surface area contributed by atoms with E-state index in [4.69, 9.17) is 0 Å². The molecule has 0 aliphatic heterocycles. The summed E-state index contributed by atoms with van der Waals surface area (Å²) in [6.07, 6.45) is 7.92. The highest BCUT2D eigenvalue weighted by molar-refractivity contribution is 6.02. The van der Waals surface area contributed by atoms with Crippen LogP contribution in [0.5, 0.6) is 0 Å². The minimum Gasteiger partial charge on any atom is -0.318 e. The Balaban J connectivity index is 1.93. The van der Waals surface area contributed by atoms with Crippen LogP contribution >= 0.6 is 0 Å². The van der Waals surface area contributed by atoms with Gasteiger partial charge in [0.05, 0.1) is 29.5 Å². The number of aromatic nitrogens is 4. The Bertz CT molecular complexity index is 842. The molecule has 6 nitrogen and oxygen atoms in total. The number of hydrogen-bond donors (Lipinski definition) is 1. The van der Waals surface area contributed by atoms with Crippen LogP contribution in [0, 0.1) is 6.92 Å². The number of rotatable bonds is 5. The SMILES string of the molecule is CCCc1c(NC(=O)c2cnccn2)cnn1-c1cccc(C)c1. The molecule has 24 heavy (non-hydrogen) atoms. The van der Waals surface area contributed by atoms with E-state index in [0.29, 0.717) is 5.69 Å². The van der Waals surface area contributed by atoms with E-state index in [1.807, 2.05) is 29.8 Å². The number of anilines is 1. The van der Waals surface area contributed by atoms with Crippen molar-refractivity contribution >= 4 is 11.6 Å². The fourth-order valence-electron chi connectivity index (χ4n) is 2.54. The molecular formula is C18H19N5O. The second-order valence-electron chi connectivity index (χ2n) is 5.55. The first-order valence-electron chi connectivity index (χ1n) is 7.90. The maximum absolute atomic E-state index is 12.3. The summed E-state index contributed by atoms with van der Waals surface area (Å²) in [7, 11) is 0. The van der Waals surface area contributed by atoms with E-state index in [1.54, 1.807) is 6.20 Å². The number of carbonyl (C=O) groups excluding carboxylic acids is 1. The second kappa shape index (κ2) is 7.04. The lowest BCUT2D eigenvalue weighted by Gasteiger charge is -2.10. The van der Waals surface area contributed by atoms with Crippen LogP contribution in [0.4, 0.5) is 5.69 Å². The van der Waals surface area contributed by atoms with Gasteiger partial charge >= 0.3 is 0 Å². The Morgan fingerprint density at radius 2 is 2.12 bits per heavy atom. The Hall–Kier alpha value is -3.02. The van der Waals surface area contributed by atoms with E-state index in [1.165, 1.54) is 18.6 Å². The van der Waals surface area contributed by atoms with E-state index in [-0.39, 0.29) is 11.6 Å². The molecule has 0 bridgehead atoms. The van der Waals surface area contributed by atoms with Crippen molar-refractivity contribution in [3.63, 3.8) is 0 Å². The zero-order valence-corrected chi connectivity index (χ0v) is 13.7. The van der Waals surface area contributed by atoms with Crippen LogP contribution in [0.1, 0.15) is 35.1 Å². The highest BCUT2D eigenvalue weighted by Gasteiger charge is 2.15. The molecule has 3 aromatic rings. The van der Waals surface area contributed by atoms with Gasteiger partial charge in [0.2, 0.25) is 0 Å². The Morgan fingerprint density at radius 3 is 2.83 bits per heavy atom. The van der Waals surface area contributed by atoms with Crippen molar-refractivity contribution < 1.29 is 4.79 Å². The standard InChI is InChI=1S/C18H19N5O/c1-3-5-17-15(22-18(24)16-11-19-8-9-20-16)12-21-23(17)14-7-4-6-13(2)10-14/h4,6-12H,3,5H2,1-2H3,(H,22,24). The van der Waals surface area contributed by atoms with Crippen molar-refractivity contribution in [2.45, 2.75) is 26.7 Å². The van der Waals surface area contributed by atoms with E-state index in [2.05, 4.69) is 33.4 Å². The molecule has 6 heteroatoms. The van der Waals surface area contributed by atoms with Gasteiger partial charge in [-0.1, -0.05) is 25.5 Å². The van der Waals surface area contributed by atoms with Gasteiger partial charge in [-0.3, -0.25) is 9.78 Å². The van der Waals surface area contributed by atoms with Crippen LogP contribution in [0.25, 0.3) is 5.69 Å². The van der Waals surface area contributed by atoms with E-state index < -0.39 is 0 Å². The Kier molecular flexibility index (Phi) is 4.65. The number of nitrogens with one attached hydrogen (secondary N) is 1. The third kappa shape index (κ3) is 3.32. The molecular weight excluding hydrogens is 302 g/mol. The van der Waals surface area contributed by atoms with Crippen LogP contribution in [-0.2, 0) is 6.42 Å². The molecule has 0 radical (unpaired) electrons. The normalized spacial score (nSPS) is 10.6.